The van der Waals surface area contributed by atoms with Crippen LogP contribution in [0.2, 0.25) is 0 Å². The van der Waals surface area contributed by atoms with Gasteiger partial charge >= 0.3 is 5.97 Å². The Bertz CT molecular complexity index is 1300. The topological polar surface area (TPSA) is 90.6 Å². The Morgan fingerprint density at radius 3 is 2.69 bits per heavy atom. The summed E-state index contributed by atoms with van der Waals surface area (Å²) in [5.41, 5.74) is 9.09. The molecule has 0 amide bonds. The zero-order chi connectivity index (χ0) is 20.5. The molecule has 0 aliphatic carbocycles. The molecule has 0 atom stereocenters. The van der Waals surface area contributed by atoms with E-state index in [1.807, 2.05) is 43.3 Å². The fourth-order valence-electron chi connectivity index (χ4n) is 3.36. The maximum atomic E-state index is 13.2. The van der Waals surface area contributed by atoms with Gasteiger partial charge in [0.05, 0.1) is 13.2 Å². The Balaban J connectivity index is 2.07. The molecule has 0 radical (unpaired) electrons. The summed E-state index contributed by atoms with van der Waals surface area (Å²) >= 11 is 0. The standard InChI is InChI=1S/C22H20N4O3/c1-3-29-22(28)16-11-17-20(24-18-10-9-14(2)12-25(18)21(17)27)26(19(16)23)13-15-7-5-4-6-8-15/h4-12,23H,3,13H2,1-2H3/p+1. The van der Waals surface area contributed by atoms with E-state index in [-0.39, 0.29) is 23.5 Å². The second-order valence-corrected chi connectivity index (χ2v) is 6.82. The number of aromatic nitrogens is 3. The first-order chi connectivity index (χ1) is 14.0. The Morgan fingerprint density at radius 2 is 1.97 bits per heavy atom. The number of hydrogen-bond donors (Lipinski definition) is 1. The van der Waals surface area contributed by atoms with E-state index in [4.69, 9.17) is 10.5 Å². The lowest BCUT2D eigenvalue weighted by atomic mass is 10.1. The summed E-state index contributed by atoms with van der Waals surface area (Å²) in [5.74, 6) is -0.356. The molecular formula is C22H21N4O3+. The van der Waals surface area contributed by atoms with Crippen LogP contribution in [0.15, 0.2) is 59.5 Å². The summed E-state index contributed by atoms with van der Waals surface area (Å²) in [5, 5.41) is 0.307. The third kappa shape index (κ3) is 3.31. The highest BCUT2D eigenvalue weighted by molar-refractivity contribution is 5.96. The van der Waals surface area contributed by atoms with E-state index in [1.165, 1.54) is 10.5 Å². The van der Waals surface area contributed by atoms with Gasteiger partial charge in [-0.25, -0.2) is 9.36 Å². The van der Waals surface area contributed by atoms with Gasteiger partial charge in [0, 0.05) is 6.20 Å². The van der Waals surface area contributed by atoms with E-state index in [1.54, 1.807) is 23.8 Å². The first-order valence-corrected chi connectivity index (χ1v) is 9.35. The zero-order valence-corrected chi connectivity index (χ0v) is 16.3. The van der Waals surface area contributed by atoms with Crippen molar-refractivity contribution in [1.29, 1.82) is 0 Å². The van der Waals surface area contributed by atoms with Gasteiger partial charge in [-0.05, 0) is 37.1 Å². The van der Waals surface area contributed by atoms with Gasteiger partial charge in [-0.3, -0.25) is 9.20 Å². The largest absolute Gasteiger partial charge is 0.462 e. The van der Waals surface area contributed by atoms with Crippen LogP contribution in [0.3, 0.4) is 0 Å². The molecule has 3 heterocycles. The molecular weight excluding hydrogens is 368 g/mol. The Hall–Kier alpha value is -3.74. The maximum absolute atomic E-state index is 13.2. The van der Waals surface area contributed by atoms with Crippen molar-refractivity contribution in [2.24, 2.45) is 0 Å². The van der Waals surface area contributed by atoms with Gasteiger partial charge in [0.2, 0.25) is 11.5 Å². The molecule has 0 saturated heterocycles. The fourth-order valence-corrected chi connectivity index (χ4v) is 3.36. The average Bonchev–Trinajstić information content (AvgIpc) is 2.72. The number of benzene rings is 1. The molecule has 0 saturated carbocycles. The van der Waals surface area contributed by atoms with Crippen molar-refractivity contribution in [3.63, 3.8) is 0 Å². The Morgan fingerprint density at radius 1 is 1.21 bits per heavy atom. The van der Waals surface area contributed by atoms with Crippen molar-refractivity contribution in [2.45, 2.75) is 20.4 Å². The minimum absolute atomic E-state index is 0.154. The molecule has 0 unspecified atom stereocenters. The van der Waals surface area contributed by atoms with E-state index in [0.717, 1.165) is 11.1 Å². The number of fused-ring (bicyclic) bond motifs is 2. The molecule has 0 bridgehead atoms. The van der Waals surface area contributed by atoms with E-state index in [2.05, 4.69) is 4.98 Å². The van der Waals surface area contributed by atoms with Crippen LogP contribution >= 0.6 is 0 Å². The molecule has 29 heavy (non-hydrogen) atoms. The molecule has 1 aromatic carbocycles. The molecule has 7 nitrogen and oxygen atoms in total. The van der Waals surface area contributed by atoms with Crippen molar-refractivity contribution in [3.05, 3.63) is 81.8 Å². The van der Waals surface area contributed by atoms with Crippen molar-refractivity contribution in [1.82, 2.24) is 9.38 Å². The number of nitrogens with zero attached hydrogens (tertiary/aromatic N) is 3. The molecule has 2 N–H and O–H groups in total. The second-order valence-electron chi connectivity index (χ2n) is 6.82. The fraction of sp³-hybridized carbons (Fsp3) is 0.182. The number of nitrogen functional groups attached to an aromatic ring is 1. The quantitative estimate of drug-likeness (QED) is 0.328. The van der Waals surface area contributed by atoms with Gasteiger partial charge in [-0.1, -0.05) is 41.4 Å². The second kappa shape index (κ2) is 7.35. The van der Waals surface area contributed by atoms with Crippen LogP contribution in [0.5, 0.6) is 0 Å². The first kappa shape index (κ1) is 18.6. The van der Waals surface area contributed by atoms with Gasteiger partial charge in [0.25, 0.3) is 11.2 Å². The van der Waals surface area contributed by atoms with Gasteiger partial charge in [0.1, 0.15) is 10.9 Å². The summed E-state index contributed by atoms with van der Waals surface area (Å²) in [6.07, 6.45) is 1.73. The van der Waals surface area contributed by atoms with E-state index in [9.17, 15) is 9.59 Å². The molecule has 3 aromatic heterocycles. The Kier molecular flexibility index (Phi) is 4.72. The van der Waals surface area contributed by atoms with Gasteiger partial charge in [0.15, 0.2) is 0 Å². The van der Waals surface area contributed by atoms with Crippen LogP contribution in [0.25, 0.3) is 16.7 Å². The van der Waals surface area contributed by atoms with E-state index in [0.29, 0.717) is 23.2 Å². The third-order valence-corrected chi connectivity index (χ3v) is 4.78. The molecule has 4 aromatic rings. The van der Waals surface area contributed by atoms with Crippen LogP contribution in [-0.4, -0.2) is 22.0 Å². The van der Waals surface area contributed by atoms with Crippen molar-refractivity contribution in [3.8, 4) is 0 Å². The van der Waals surface area contributed by atoms with Crippen molar-refractivity contribution >= 4 is 28.5 Å². The third-order valence-electron chi connectivity index (χ3n) is 4.78. The normalized spacial score (nSPS) is 11.1. The number of carbonyl (C=O) groups excluding carboxylic acids is 1. The molecule has 0 aliphatic rings. The summed E-state index contributed by atoms with van der Waals surface area (Å²) in [6.45, 7) is 4.20. The van der Waals surface area contributed by atoms with Crippen LogP contribution in [0.1, 0.15) is 28.4 Å². The predicted octanol–water partition coefficient (Wildman–Crippen LogP) is 2.25. The highest BCUT2D eigenvalue weighted by Gasteiger charge is 2.25. The Labute approximate surface area is 167 Å². The molecule has 146 valence electrons. The molecule has 0 spiro atoms. The summed E-state index contributed by atoms with van der Waals surface area (Å²) < 4.78 is 8.32. The number of anilines is 1. The lowest BCUT2D eigenvalue weighted by Crippen LogP contribution is -2.42. The summed E-state index contributed by atoms with van der Waals surface area (Å²) in [7, 11) is 0. The van der Waals surface area contributed by atoms with Crippen LogP contribution < -0.4 is 15.9 Å². The first-order valence-electron chi connectivity index (χ1n) is 9.35. The molecule has 0 aliphatic heterocycles. The van der Waals surface area contributed by atoms with Gasteiger partial charge in [-0.15, -0.1) is 0 Å². The number of carbonyl (C=O) groups is 1. The number of ether oxygens (including phenoxy) is 1. The zero-order valence-electron chi connectivity index (χ0n) is 16.3. The van der Waals surface area contributed by atoms with Crippen LogP contribution in [0.4, 0.5) is 5.82 Å². The minimum Gasteiger partial charge on any atom is -0.462 e. The van der Waals surface area contributed by atoms with E-state index < -0.39 is 5.97 Å². The monoisotopic (exact) mass is 389 g/mol. The molecule has 0 fully saturated rings. The molecule has 7 heteroatoms. The number of hydrogen-bond acceptors (Lipinski definition) is 5. The average molecular weight is 389 g/mol. The van der Waals surface area contributed by atoms with Gasteiger partial charge < -0.3 is 10.5 Å². The molecule has 4 rings (SSSR count). The van der Waals surface area contributed by atoms with Gasteiger partial charge in [-0.2, -0.15) is 0 Å². The maximum Gasteiger partial charge on any atom is 0.344 e. The summed E-state index contributed by atoms with van der Waals surface area (Å²) in [6, 6.07) is 14.8. The predicted molar refractivity (Wildman–Crippen MR) is 110 cm³/mol. The summed E-state index contributed by atoms with van der Waals surface area (Å²) in [4.78, 5) is 30.4. The number of rotatable bonds is 4. The smallest absolute Gasteiger partial charge is 0.344 e. The van der Waals surface area contributed by atoms with Crippen LogP contribution in [0, 0.1) is 6.92 Å². The number of pyridine rings is 2. The lowest BCUT2D eigenvalue weighted by molar-refractivity contribution is -0.649. The van der Waals surface area contributed by atoms with Crippen LogP contribution in [-0.2, 0) is 11.3 Å². The number of aryl methyl sites for hydroxylation is 1. The highest BCUT2D eigenvalue weighted by atomic mass is 16.5. The minimum atomic E-state index is -0.567. The lowest BCUT2D eigenvalue weighted by Gasteiger charge is -2.12. The SMILES string of the molecule is CCOC(=O)c1cc2c(=O)n3cc(C)ccc3nc2[n+](Cc2ccccc2)c1N. The van der Waals surface area contributed by atoms with E-state index >= 15 is 0 Å². The van der Waals surface area contributed by atoms with Crippen molar-refractivity contribution < 1.29 is 14.1 Å². The highest BCUT2D eigenvalue weighted by Crippen LogP contribution is 2.17. The van der Waals surface area contributed by atoms with Crippen molar-refractivity contribution in [2.75, 3.05) is 12.3 Å². The number of esters is 1. The number of nitrogens with two attached hydrogens (primary N) is 1.